The number of carbonyl (C=O) groups is 1. The maximum absolute atomic E-state index is 12.9. The molecule has 1 N–H and O–H groups in total. The highest BCUT2D eigenvalue weighted by Gasteiger charge is 2.12. The van der Waals surface area contributed by atoms with Gasteiger partial charge in [-0.3, -0.25) is 4.79 Å². The molecule has 6 heteroatoms. The fourth-order valence-electron chi connectivity index (χ4n) is 1.90. The monoisotopic (exact) mass is 309 g/mol. The second kappa shape index (κ2) is 6.98. The smallest absolute Gasteiger partial charge is 0.387 e. The minimum atomic E-state index is -2.90. The van der Waals surface area contributed by atoms with Gasteiger partial charge in [0.05, 0.1) is 6.04 Å². The predicted molar refractivity (Wildman–Crippen MR) is 75.4 cm³/mol. The third-order valence-corrected chi connectivity index (χ3v) is 3.06. The Balaban J connectivity index is 2.00. The third-order valence-electron chi connectivity index (χ3n) is 3.06. The van der Waals surface area contributed by atoms with Crippen LogP contribution in [0, 0.1) is 5.82 Å². The molecule has 0 saturated heterocycles. The van der Waals surface area contributed by atoms with E-state index < -0.39 is 6.61 Å². The number of hydrogen-bond donors (Lipinski definition) is 1. The number of carbonyl (C=O) groups excluding carboxylic acids is 1. The highest BCUT2D eigenvalue weighted by atomic mass is 19.3. The Morgan fingerprint density at radius 2 is 1.64 bits per heavy atom. The van der Waals surface area contributed by atoms with Gasteiger partial charge in [-0.25, -0.2) is 4.39 Å². The Hall–Kier alpha value is -2.50. The van der Waals surface area contributed by atoms with Gasteiger partial charge in [0.15, 0.2) is 0 Å². The molecule has 0 aromatic heterocycles. The first-order valence-electron chi connectivity index (χ1n) is 6.57. The lowest BCUT2D eigenvalue weighted by Gasteiger charge is -2.14. The van der Waals surface area contributed by atoms with Crippen LogP contribution < -0.4 is 10.1 Å². The van der Waals surface area contributed by atoms with Gasteiger partial charge < -0.3 is 10.1 Å². The molecule has 0 radical (unpaired) electrons. The van der Waals surface area contributed by atoms with E-state index in [2.05, 4.69) is 10.1 Å². The first-order valence-corrected chi connectivity index (χ1v) is 6.57. The van der Waals surface area contributed by atoms with E-state index in [0.717, 1.165) is 5.56 Å². The lowest BCUT2D eigenvalue weighted by Crippen LogP contribution is -2.26. The van der Waals surface area contributed by atoms with Crippen molar-refractivity contribution in [1.82, 2.24) is 5.32 Å². The zero-order valence-corrected chi connectivity index (χ0v) is 11.7. The molecule has 0 aliphatic heterocycles. The van der Waals surface area contributed by atoms with Crippen LogP contribution in [0.3, 0.4) is 0 Å². The molecule has 22 heavy (non-hydrogen) atoms. The van der Waals surface area contributed by atoms with Crippen LogP contribution in [-0.2, 0) is 0 Å². The second-order valence-corrected chi connectivity index (χ2v) is 4.65. The standard InChI is InChI=1S/C16H14F3NO2/c1-10(11-2-6-13(17)7-3-11)20-15(21)12-4-8-14(9-5-12)22-16(18)19/h2-10,16H,1H3,(H,20,21). The summed E-state index contributed by atoms with van der Waals surface area (Å²) in [5, 5.41) is 2.74. The van der Waals surface area contributed by atoms with E-state index in [1.807, 2.05) is 0 Å². The molecule has 1 atom stereocenters. The first-order chi connectivity index (χ1) is 10.5. The van der Waals surface area contributed by atoms with Crippen molar-refractivity contribution in [3.8, 4) is 5.75 Å². The number of ether oxygens (including phenoxy) is 1. The Kier molecular flexibility index (Phi) is 5.04. The molecular weight excluding hydrogens is 295 g/mol. The Morgan fingerprint density at radius 1 is 1.05 bits per heavy atom. The van der Waals surface area contributed by atoms with E-state index in [1.165, 1.54) is 36.4 Å². The largest absolute Gasteiger partial charge is 0.435 e. The summed E-state index contributed by atoms with van der Waals surface area (Å²) >= 11 is 0. The topological polar surface area (TPSA) is 38.3 Å². The van der Waals surface area contributed by atoms with Crippen LogP contribution in [0.15, 0.2) is 48.5 Å². The number of alkyl halides is 2. The van der Waals surface area contributed by atoms with Crippen LogP contribution in [0.1, 0.15) is 28.9 Å². The Labute approximate surface area is 125 Å². The van der Waals surface area contributed by atoms with E-state index in [0.29, 0.717) is 5.56 Å². The Bertz CT molecular complexity index is 627. The summed E-state index contributed by atoms with van der Waals surface area (Å²) in [7, 11) is 0. The minimum absolute atomic E-state index is 0.0156. The van der Waals surface area contributed by atoms with E-state index >= 15 is 0 Å². The van der Waals surface area contributed by atoms with Crippen molar-refractivity contribution in [1.29, 1.82) is 0 Å². The summed E-state index contributed by atoms with van der Waals surface area (Å²) in [5.41, 5.74) is 1.07. The van der Waals surface area contributed by atoms with Gasteiger partial charge in [-0.05, 0) is 48.9 Å². The van der Waals surface area contributed by atoms with Crippen molar-refractivity contribution in [2.75, 3.05) is 0 Å². The van der Waals surface area contributed by atoms with Crippen molar-refractivity contribution in [2.24, 2.45) is 0 Å². The fraction of sp³-hybridized carbons (Fsp3) is 0.188. The molecule has 0 fully saturated rings. The highest BCUT2D eigenvalue weighted by molar-refractivity contribution is 5.94. The average Bonchev–Trinajstić information content (AvgIpc) is 2.48. The summed E-state index contributed by atoms with van der Waals surface area (Å²) in [6.07, 6.45) is 0. The number of amides is 1. The third kappa shape index (κ3) is 4.25. The normalized spacial score (nSPS) is 12.0. The number of benzene rings is 2. The van der Waals surface area contributed by atoms with E-state index in [4.69, 9.17) is 0 Å². The summed E-state index contributed by atoms with van der Waals surface area (Å²) < 4.78 is 41.1. The lowest BCUT2D eigenvalue weighted by molar-refractivity contribution is -0.0498. The summed E-state index contributed by atoms with van der Waals surface area (Å²) in [5.74, 6) is -0.726. The van der Waals surface area contributed by atoms with Gasteiger partial charge in [0.2, 0.25) is 0 Å². The molecule has 0 aliphatic carbocycles. The van der Waals surface area contributed by atoms with E-state index in [-0.39, 0.29) is 23.5 Å². The molecule has 1 unspecified atom stereocenters. The van der Waals surface area contributed by atoms with Crippen molar-refractivity contribution >= 4 is 5.91 Å². The molecule has 0 spiro atoms. The average molecular weight is 309 g/mol. The second-order valence-electron chi connectivity index (χ2n) is 4.65. The predicted octanol–water partition coefficient (Wildman–Crippen LogP) is 3.92. The highest BCUT2D eigenvalue weighted by Crippen LogP contribution is 2.17. The van der Waals surface area contributed by atoms with Crippen LogP contribution in [0.5, 0.6) is 5.75 Å². The Morgan fingerprint density at radius 3 is 2.18 bits per heavy atom. The van der Waals surface area contributed by atoms with Gasteiger partial charge in [-0.2, -0.15) is 8.78 Å². The van der Waals surface area contributed by atoms with Crippen molar-refractivity contribution in [3.63, 3.8) is 0 Å². The maximum Gasteiger partial charge on any atom is 0.387 e. The number of rotatable bonds is 5. The van der Waals surface area contributed by atoms with Crippen LogP contribution in [0.25, 0.3) is 0 Å². The zero-order valence-electron chi connectivity index (χ0n) is 11.7. The zero-order chi connectivity index (χ0) is 16.1. The molecule has 116 valence electrons. The van der Waals surface area contributed by atoms with Gasteiger partial charge in [-0.1, -0.05) is 12.1 Å². The number of nitrogens with one attached hydrogen (secondary N) is 1. The summed E-state index contributed by atoms with van der Waals surface area (Å²) in [4.78, 5) is 12.1. The van der Waals surface area contributed by atoms with Gasteiger partial charge in [0.25, 0.3) is 5.91 Å². The summed E-state index contributed by atoms with van der Waals surface area (Å²) in [6.45, 7) is -1.14. The lowest BCUT2D eigenvalue weighted by atomic mass is 10.1. The quantitative estimate of drug-likeness (QED) is 0.909. The van der Waals surface area contributed by atoms with Gasteiger partial charge in [-0.15, -0.1) is 0 Å². The molecular formula is C16H14F3NO2. The minimum Gasteiger partial charge on any atom is -0.435 e. The molecule has 2 aromatic carbocycles. The first kappa shape index (κ1) is 15.9. The van der Waals surface area contributed by atoms with Crippen LogP contribution >= 0.6 is 0 Å². The van der Waals surface area contributed by atoms with Crippen molar-refractivity contribution in [3.05, 3.63) is 65.5 Å². The maximum atomic E-state index is 12.9. The molecule has 0 saturated carbocycles. The van der Waals surface area contributed by atoms with E-state index in [9.17, 15) is 18.0 Å². The fourth-order valence-corrected chi connectivity index (χ4v) is 1.90. The van der Waals surface area contributed by atoms with E-state index in [1.54, 1.807) is 19.1 Å². The van der Waals surface area contributed by atoms with Gasteiger partial charge in [0, 0.05) is 5.56 Å². The van der Waals surface area contributed by atoms with Gasteiger partial charge >= 0.3 is 6.61 Å². The van der Waals surface area contributed by atoms with Crippen LogP contribution in [-0.4, -0.2) is 12.5 Å². The molecule has 2 rings (SSSR count). The van der Waals surface area contributed by atoms with Crippen molar-refractivity contribution < 1.29 is 22.7 Å². The van der Waals surface area contributed by atoms with Crippen molar-refractivity contribution in [2.45, 2.75) is 19.6 Å². The molecule has 1 amide bonds. The SMILES string of the molecule is CC(NC(=O)c1ccc(OC(F)F)cc1)c1ccc(F)cc1. The molecule has 2 aromatic rings. The number of hydrogen-bond acceptors (Lipinski definition) is 2. The number of halogens is 3. The van der Waals surface area contributed by atoms with Crippen LogP contribution in [0.2, 0.25) is 0 Å². The molecule has 3 nitrogen and oxygen atoms in total. The molecule has 0 aliphatic rings. The van der Waals surface area contributed by atoms with Gasteiger partial charge in [0.1, 0.15) is 11.6 Å². The van der Waals surface area contributed by atoms with Crippen LogP contribution in [0.4, 0.5) is 13.2 Å². The molecule has 0 bridgehead atoms. The summed E-state index contributed by atoms with van der Waals surface area (Å²) in [6, 6.07) is 10.9. The molecule has 0 heterocycles.